The van der Waals surface area contributed by atoms with Gasteiger partial charge in [0.25, 0.3) is 0 Å². The number of rotatable bonds is 5. The average molecular weight is 386 g/mol. The van der Waals surface area contributed by atoms with Crippen LogP contribution in [0.25, 0.3) is 5.76 Å². The van der Waals surface area contributed by atoms with Crippen LogP contribution in [0.2, 0.25) is 0 Å². The van der Waals surface area contributed by atoms with Crippen LogP contribution in [0, 0.1) is 6.92 Å². The maximum Gasteiger partial charge on any atom is 0.161 e. The van der Waals surface area contributed by atoms with E-state index in [-0.39, 0.29) is 5.92 Å². The Labute approximate surface area is 170 Å². The first-order valence-electron chi connectivity index (χ1n) is 9.42. The molecule has 0 saturated carbocycles. The average Bonchev–Trinajstić information content (AvgIpc) is 2.77. The van der Waals surface area contributed by atoms with Gasteiger partial charge in [-0.2, -0.15) is 0 Å². The van der Waals surface area contributed by atoms with Gasteiger partial charge in [-0.25, -0.2) is 0 Å². The minimum absolute atomic E-state index is 0.207. The summed E-state index contributed by atoms with van der Waals surface area (Å²) >= 11 is 0. The molecular formula is C25H22O4. The summed E-state index contributed by atoms with van der Waals surface area (Å²) in [5, 5.41) is 0. The summed E-state index contributed by atoms with van der Waals surface area (Å²) in [6, 6.07) is 21.5. The van der Waals surface area contributed by atoms with E-state index in [1.807, 2.05) is 54.6 Å². The molecule has 3 aromatic carbocycles. The van der Waals surface area contributed by atoms with Crippen molar-refractivity contribution in [3.8, 4) is 17.2 Å². The van der Waals surface area contributed by atoms with Crippen molar-refractivity contribution in [1.29, 1.82) is 0 Å². The molecule has 29 heavy (non-hydrogen) atoms. The molecule has 0 bridgehead atoms. The molecule has 4 heteroatoms. The molecule has 4 nitrogen and oxygen atoms in total. The zero-order chi connectivity index (χ0) is 20.4. The van der Waals surface area contributed by atoms with Gasteiger partial charge in [-0.15, -0.1) is 0 Å². The van der Waals surface area contributed by atoms with Crippen molar-refractivity contribution in [2.75, 3.05) is 14.2 Å². The number of methoxy groups -OCH3 is 2. The number of benzene rings is 3. The number of ether oxygens (including phenoxy) is 3. The van der Waals surface area contributed by atoms with Crippen molar-refractivity contribution in [2.45, 2.75) is 12.8 Å². The zero-order valence-corrected chi connectivity index (χ0v) is 16.6. The molecule has 0 N–H and O–H groups in total. The van der Waals surface area contributed by atoms with E-state index in [1.165, 1.54) is 0 Å². The van der Waals surface area contributed by atoms with Gasteiger partial charge in [-0.3, -0.25) is 4.79 Å². The van der Waals surface area contributed by atoms with E-state index in [1.54, 1.807) is 14.2 Å². The lowest BCUT2D eigenvalue weighted by Gasteiger charge is -2.30. The molecule has 4 rings (SSSR count). The molecule has 0 saturated heterocycles. The van der Waals surface area contributed by atoms with Crippen LogP contribution in [-0.2, 0) is 4.79 Å². The van der Waals surface area contributed by atoms with Crippen LogP contribution in [0.1, 0.15) is 28.2 Å². The molecule has 0 fully saturated rings. The van der Waals surface area contributed by atoms with E-state index >= 15 is 0 Å². The van der Waals surface area contributed by atoms with Crippen molar-refractivity contribution >= 4 is 12.0 Å². The quantitative estimate of drug-likeness (QED) is 0.569. The van der Waals surface area contributed by atoms with Gasteiger partial charge < -0.3 is 14.2 Å². The molecule has 0 spiro atoms. The highest BCUT2D eigenvalue weighted by molar-refractivity contribution is 5.92. The lowest BCUT2D eigenvalue weighted by Crippen LogP contribution is -2.18. The number of aryl methyl sites for hydroxylation is 1. The van der Waals surface area contributed by atoms with E-state index in [0.29, 0.717) is 22.8 Å². The lowest BCUT2D eigenvalue weighted by atomic mass is 9.80. The minimum atomic E-state index is -0.207. The third kappa shape index (κ3) is 3.27. The Morgan fingerprint density at radius 2 is 1.55 bits per heavy atom. The summed E-state index contributed by atoms with van der Waals surface area (Å²) in [5.41, 5.74) is 4.54. The van der Waals surface area contributed by atoms with E-state index in [0.717, 1.165) is 34.3 Å². The summed E-state index contributed by atoms with van der Waals surface area (Å²) in [7, 11) is 3.18. The number of fused-ring (bicyclic) bond motifs is 1. The standard InChI is InChI=1S/C25H22O4/c1-16-8-4-5-9-18(16)24-19-10-6-7-11-21(19)29-25(20(24)15-26)17-12-13-22(27-2)23(14-17)28-3/h4-15,24H,1-3H3/t24-/m1/s1. The third-order valence-corrected chi connectivity index (χ3v) is 5.29. The topological polar surface area (TPSA) is 44.8 Å². The smallest absolute Gasteiger partial charge is 0.161 e. The number of para-hydroxylation sites is 1. The maximum absolute atomic E-state index is 12.3. The highest BCUT2D eigenvalue weighted by atomic mass is 16.5. The Morgan fingerprint density at radius 1 is 0.862 bits per heavy atom. The number of hydrogen-bond donors (Lipinski definition) is 0. The van der Waals surface area contributed by atoms with Crippen LogP contribution in [-0.4, -0.2) is 20.5 Å². The molecule has 0 aliphatic carbocycles. The van der Waals surface area contributed by atoms with Gasteiger partial charge >= 0.3 is 0 Å². The maximum atomic E-state index is 12.3. The van der Waals surface area contributed by atoms with E-state index in [2.05, 4.69) is 19.1 Å². The van der Waals surface area contributed by atoms with Gasteiger partial charge in [-0.1, -0.05) is 42.5 Å². The Bertz CT molecular complexity index is 1100. The van der Waals surface area contributed by atoms with Crippen molar-refractivity contribution < 1.29 is 19.0 Å². The number of aldehydes is 1. The van der Waals surface area contributed by atoms with E-state index in [4.69, 9.17) is 14.2 Å². The fraction of sp³-hybridized carbons (Fsp3) is 0.160. The highest BCUT2D eigenvalue weighted by Crippen LogP contribution is 2.46. The Hall–Kier alpha value is -3.53. The van der Waals surface area contributed by atoms with Crippen molar-refractivity contribution in [3.63, 3.8) is 0 Å². The van der Waals surface area contributed by atoms with Crippen LogP contribution in [0.5, 0.6) is 17.2 Å². The Balaban J connectivity index is 1.96. The first-order valence-corrected chi connectivity index (χ1v) is 9.42. The lowest BCUT2D eigenvalue weighted by molar-refractivity contribution is -0.105. The molecule has 0 radical (unpaired) electrons. The van der Waals surface area contributed by atoms with Crippen LogP contribution in [0.15, 0.2) is 72.3 Å². The molecule has 0 amide bonds. The molecular weight excluding hydrogens is 364 g/mol. The van der Waals surface area contributed by atoms with Crippen molar-refractivity contribution in [1.82, 2.24) is 0 Å². The van der Waals surface area contributed by atoms with E-state index in [9.17, 15) is 4.79 Å². The predicted octanol–water partition coefficient (Wildman–Crippen LogP) is 5.15. The fourth-order valence-corrected chi connectivity index (χ4v) is 3.85. The summed E-state index contributed by atoms with van der Waals surface area (Å²) in [6.45, 7) is 2.06. The molecule has 1 heterocycles. The van der Waals surface area contributed by atoms with E-state index < -0.39 is 0 Å². The van der Waals surface area contributed by atoms with Crippen molar-refractivity contribution in [2.24, 2.45) is 0 Å². The second-order valence-electron chi connectivity index (χ2n) is 6.90. The van der Waals surface area contributed by atoms with Crippen LogP contribution in [0.3, 0.4) is 0 Å². The number of hydrogen-bond acceptors (Lipinski definition) is 4. The summed E-state index contributed by atoms with van der Waals surface area (Å²) in [5.74, 6) is 2.28. The second-order valence-corrected chi connectivity index (χ2v) is 6.90. The first kappa shape index (κ1) is 18.8. The minimum Gasteiger partial charge on any atom is -0.493 e. The molecule has 146 valence electrons. The molecule has 0 unspecified atom stereocenters. The number of carbonyl (C=O) groups is 1. The Morgan fingerprint density at radius 3 is 2.24 bits per heavy atom. The van der Waals surface area contributed by atoms with Gasteiger partial charge in [-0.05, 0) is 42.3 Å². The first-order chi connectivity index (χ1) is 14.2. The highest BCUT2D eigenvalue weighted by Gasteiger charge is 2.32. The summed E-state index contributed by atoms with van der Waals surface area (Å²) < 4.78 is 17.0. The molecule has 3 aromatic rings. The van der Waals surface area contributed by atoms with Crippen molar-refractivity contribution in [3.05, 3.63) is 94.6 Å². The monoisotopic (exact) mass is 386 g/mol. The molecule has 0 aromatic heterocycles. The Kier molecular flexibility index (Phi) is 5.09. The fourth-order valence-electron chi connectivity index (χ4n) is 3.85. The van der Waals surface area contributed by atoms with Crippen LogP contribution >= 0.6 is 0 Å². The predicted molar refractivity (Wildman–Crippen MR) is 113 cm³/mol. The SMILES string of the molecule is COc1ccc(C2=C(C=O)[C@H](c3ccccc3C)c3ccccc3O2)cc1OC. The third-order valence-electron chi connectivity index (χ3n) is 5.29. The molecule has 1 aliphatic heterocycles. The van der Waals surface area contributed by atoms with Gasteiger partial charge in [0.15, 0.2) is 17.8 Å². The molecule has 1 atom stereocenters. The second kappa shape index (κ2) is 7.84. The number of carbonyl (C=O) groups excluding carboxylic acids is 1. The number of allylic oxidation sites excluding steroid dienone is 1. The van der Waals surface area contributed by atoms with Gasteiger partial charge in [0.05, 0.1) is 14.2 Å². The van der Waals surface area contributed by atoms with Gasteiger partial charge in [0, 0.05) is 22.6 Å². The normalized spacial score (nSPS) is 15.3. The molecule has 1 aliphatic rings. The zero-order valence-electron chi connectivity index (χ0n) is 16.6. The summed E-state index contributed by atoms with van der Waals surface area (Å²) in [6.07, 6.45) is 0.902. The van der Waals surface area contributed by atoms with Crippen LogP contribution in [0.4, 0.5) is 0 Å². The van der Waals surface area contributed by atoms with Gasteiger partial charge in [0.2, 0.25) is 0 Å². The summed E-state index contributed by atoms with van der Waals surface area (Å²) in [4.78, 5) is 12.3. The largest absolute Gasteiger partial charge is 0.493 e. The van der Waals surface area contributed by atoms with Crippen LogP contribution < -0.4 is 14.2 Å². The van der Waals surface area contributed by atoms with Gasteiger partial charge in [0.1, 0.15) is 11.5 Å².